The van der Waals surface area contributed by atoms with Crippen molar-refractivity contribution < 1.29 is 0 Å². The molecule has 134 valence electrons. The van der Waals surface area contributed by atoms with E-state index in [4.69, 9.17) is 0 Å². The Labute approximate surface area is 150 Å². The lowest BCUT2D eigenvalue weighted by Gasteiger charge is -2.03. The summed E-state index contributed by atoms with van der Waals surface area (Å²) in [6.45, 7) is 4.54. The van der Waals surface area contributed by atoms with Crippen LogP contribution in [0.5, 0.6) is 0 Å². The number of unbranched alkanes of at least 4 members (excludes halogenated alkanes) is 14. The molecule has 0 N–H and O–H groups in total. The Bertz CT molecular complexity index is 353. The first-order valence-corrected chi connectivity index (χ1v) is 11.3. The highest BCUT2D eigenvalue weighted by Gasteiger charge is 1.99. The van der Waals surface area contributed by atoms with Crippen LogP contribution in [0.25, 0.3) is 0 Å². The molecule has 0 nitrogen and oxygen atoms in total. The zero-order valence-electron chi connectivity index (χ0n) is 15.9. The summed E-state index contributed by atoms with van der Waals surface area (Å²) in [6.07, 6.45) is 23.1. The zero-order chi connectivity index (χ0) is 16.6. The largest absolute Gasteiger partial charge is 0.149 e. The first-order valence-electron chi connectivity index (χ1n) is 10.4. The third kappa shape index (κ3) is 11.8. The Kier molecular flexibility index (Phi) is 13.7. The van der Waals surface area contributed by atoms with E-state index in [1.165, 1.54) is 108 Å². The number of hydrogen-bond acceptors (Lipinski definition) is 1. The summed E-state index contributed by atoms with van der Waals surface area (Å²) in [5.74, 6) is 0. The quantitative estimate of drug-likeness (QED) is 0.265. The molecule has 23 heavy (non-hydrogen) atoms. The Morgan fingerprint density at radius 1 is 0.652 bits per heavy atom. The molecule has 1 rings (SSSR count). The predicted octanol–water partition coefficient (Wildman–Crippen LogP) is 8.47. The van der Waals surface area contributed by atoms with E-state index in [9.17, 15) is 0 Å². The van der Waals surface area contributed by atoms with E-state index in [-0.39, 0.29) is 0 Å². The lowest BCUT2D eigenvalue weighted by Crippen LogP contribution is -1.86. The average Bonchev–Trinajstić information content (AvgIpc) is 2.96. The van der Waals surface area contributed by atoms with Crippen LogP contribution in [-0.4, -0.2) is 0 Å². The van der Waals surface area contributed by atoms with Gasteiger partial charge in [0.1, 0.15) is 0 Å². The normalized spacial score (nSPS) is 11.2. The molecule has 0 spiro atoms. The van der Waals surface area contributed by atoms with Crippen molar-refractivity contribution in [2.45, 2.75) is 117 Å². The van der Waals surface area contributed by atoms with E-state index < -0.39 is 0 Å². The number of aryl methyl sites for hydroxylation is 2. The molecular formula is C22H40S. The Hall–Kier alpha value is -0.300. The summed E-state index contributed by atoms with van der Waals surface area (Å²) in [5, 5.41) is 2.23. The summed E-state index contributed by atoms with van der Waals surface area (Å²) in [4.78, 5) is 1.61. The standard InChI is InChI=1S/C22H40S/c1-3-4-5-6-7-8-9-10-11-12-13-14-15-16-17-18-22-21(2)19-20-23-22/h19-20H,3-18H2,1-2H3. The average molecular weight is 337 g/mol. The van der Waals surface area contributed by atoms with Gasteiger partial charge in [-0.15, -0.1) is 11.3 Å². The van der Waals surface area contributed by atoms with Gasteiger partial charge >= 0.3 is 0 Å². The van der Waals surface area contributed by atoms with Crippen LogP contribution >= 0.6 is 11.3 Å². The second-order valence-corrected chi connectivity index (χ2v) is 8.23. The molecule has 0 saturated heterocycles. The monoisotopic (exact) mass is 336 g/mol. The van der Waals surface area contributed by atoms with Crippen LogP contribution in [0.2, 0.25) is 0 Å². The first-order chi connectivity index (χ1) is 11.3. The number of thiophene rings is 1. The van der Waals surface area contributed by atoms with Gasteiger partial charge in [-0.25, -0.2) is 0 Å². The van der Waals surface area contributed by atoms with Gasteiger partial charge in [-0.2, -0.15) is 0 Å². The van der Waals surface area contributed by atoms with Crippen molar-refractivity contribution >= 4 is 11.3 Å². The van der Waals surface area contributed by atoms with Gasteiger partial charge in [-0.3, -0.25) is 0 Å². The van der Waals surface area contributed by atoms with E-state index in [0.717, 1.165) is 0 Å². The number of hydrogen-bond donors (Lipinski definition) is 0. The zero-order valence-corrected chi connectivity index (χ0v) is 16.7. The van der Waals surface area contributed by atoms with Gasteiger partial charge in [0.25, 0.3) is 0 Å². The van der Waals surface area contributed by atoms with Gasteiger partial charge < -0.3 is 0 Å². The van der Waals surface area contributed by atoms with Crippen LogP contribution in [0.1, 0.15) is 114 Å². The first kappa shape index (κ1) is 20.7. The fourth-order valence-electron chi connectivity index (χ4n) is 3.32. The Balaban J connectivity index is 1.72. The fraction of sp³-hybridized carbons (Fsp3) is 0.818. The molecule has 0 unspecified atom stereocenters. The molecule has 0 amide bonds. The SMILES string of the molecule is CCCCCCCCCCCCCCCCCc1sccc1C. The molecule has 0 aliphatic heterocycles. The summed E-state index contributed by atoms with van der Waals surface area (Å²) < 4.78 is 0. The van der Waals surface area contributed by atoms with Gasteiger partial charge in [0.15, 0.2) is 0 Å². The van der Waals surface area contributed by atoms with Crippen molar-refractivity contribution in [3.05, 3.63) is 21.9 Å². The molecule has 1 heteroatoms. The van der Waals surface area contributed by atoms with Crippen LogP contribution in [0.3, 0.4) is 0 Å². The smallest absolute Gasteiger partial charge is 0.00743 e. The van der Waals surface area contributed by atoms with Gasteiger partial charge in [0.05, 0.1) is 0 Å². The van der Waals surface area contributed by atoms with E-state index in [2.05, 4.69) is 25.3 Å². The number of rotatable bonds is 16. The molecule has 0 bridgehead atoms. The summed E-state index contributed by atoms with van der Waals surface area (Å²) >= 11 is 1.94. The Morgan fingerprint density at radius 2 is 1.09 bits per heavy atom. The molecule has 0 saturated carbocycles. The van der Waals surface area contributed by atoms with E-state index in [1.54, 1.807) is 4.88 Å². The second-order valence-electron chi connectivity index (χ2n) is 7.23. The molecule has 0 aromatic carbocycles. The molecule has 1 heterocycles. The van der Waals surface area contributed by atoms with Gasteiger partial charge in [0, 0.05) is 4.88 Å². The maximum atomic E-state index is 2.30. The van der Waals surface area contributed by atoms with E-state index in [0.29, 0.717) is 0 Å². The Morgan fingerprint density at radius 3 is 1.48 bits per heavy atom. The van der Waals surface area contributed by atoms with Crippen LogP contribution < -0.4 is 0 Å². The minimum Gasteiger partial charge on any atom is -0.149 e. The molecule has 0 aliphatic rings. The maximum Gasteiger partial charge on any atom is 0.00743 e. The maximum absolute atomic E-state index is 2.30. The van der Waals surface area contributed by atoms with Crippen molar-refractivity contribution in [3.63, 3.8) is 0 Å². The highest BCUT2D eigenvalue weighted by molar-refractivity contribution is 7.10. The van der Waals surface area contributed by atoms with Crippen molar-refractivity contribution in [1.82, 2.24) is 0 Å². The lowest BCUT2D eigenvalue weighted by molar-refractivity contribution is 0.532. The van der Waals surface area contributed by atoms with Gasteiger partial charge in [-0.05, 0) is 36.8 Å². The lowest BCUT2D eigenvalue weighted by atomic mass is 10.0. The summed E-state index contributed by atoms with van der Waals surface area (Å²) in [7, 11) is 0. The second kappa shape index (κ2) is 15.2. The molecular weight excluding hydrogens is 296 g/mol. The van der Waals surface area contributed by atoms with Crippen LogP contribution in [-0.2, 0) is 6.42 Å². The highest BCUT2D eigenvalue weighted by atomic mass is 32.1. The third-order valence-corrected chi connectivity index (χ3v) is 6.06. The van der Waals surface area contributed by atoms with Crippen LogP contribution in [0, 0.1) is 6.92 Å². The molecule has 0 fully saturated rings. The molecule has 1 aromatic heterocycles. The van der Waals surface area contributed by atoms with E-state index in [1.807, 2.05) is 11.3 Å². The van der Waals surface area contributed by atoms with Crippen molar-refractivity contribution in [2.75, 3.05) is 0 Å². The summed E-state index contributed by atoms with van der Waals surface area (Å²) in [5.41, 5.74) is 1.50. The van der Waals surface area contributed by atoms with Crippen LogP contribution in [0.15, 0.2) is 11.4 Å². The summed E-state index contributed by atoms with van der Waals surface area (Å²) in [6, 6.07) is 2.26. The van der Waals surface area contributed by atoms with Crippen molar-refractivity contribution in [3.8, 4) is 0 Å². The minimum atomic E-state index is 1.31. The molecule has 0 atom stereocenters. The fourth-order valence-corrected chi connectivity index (χ4v) is 4.27. The van der Waals surface area contributed by atoms with Crippen molar-refractivity contribution in [2.24, 2.45) is 0 Å². The third-order valence-electron chi connectivity index (χ3n) is 4.98. The van der Waals surface area contributed by atoms with Gasteiger partial charge in [-0.1, -0.05) is 96.8 Å². The highest BCUT2D eigenvalue weighted by Crippen LogP contribution is 2.19. The van der Waals surface area contributed by atoms with E-state index >= 15 is 0 Å². The minimum absolute atomic E-state index is 1.31. The van der Waals surface area contributed by atoms with Crippen LogP contribution in [0.4, 0.5) is 0 Å². The predicted molar refractivity (Wildman–Crippen MR) is 108 cm³/mol. The molecule has 0 aliphatic carbocycles. The molecule has 1 aromatic rings. The topological polar surface area (TPSA) is 0 Å². The molecule has 0 radical (unpaired) electrons. The van der Waals surface area contributed by atoms with Crippen molar-refractivity contribution in [1.29, 1.82) is 0 Å². The van der Waals surface area contributed by atoms with Gasteiger partial charge in [0.2, 0.25) is 0 Å².